The highest BCUT2D eigenvalue weighted by atomic mass is 16.6. The fourth-order valence-electron chi connectivity index (χ4n) is 4.73. The maximum Gasteiger partial charge on any atom is 0.413 e. The molecule has 2 unspecified atom stereocenters. The SMILES string of the molecule is COc1ccc(COc2nc(N3c4ccccc4CC3C)ncc2OC(=O)NC2CCCCNC2=O)cc1. The first-order chi connectivity index (χ1) is 18.5. The number of carbonyl (C=O) groups is 2. The number of rotatable bonds is 7. The number of methoxy groups -OCH3 is 1. The molecule has 2 aromatic carbocycles. The first-order valence-electron chi connectivity index (χ1n) is 12.8. The summed E-state index contributed by atoms with van der Waals surface area (Å²) in [5.74, 6) is 1.16. The van der Waals surface area contributed by atoms with E-state index in [4.69, 9.17) is 14.2 Å². The molecule has 2 atom stereocenters. The Morgan fingerprint density at radius 2 is 1.97 bits per heavy atom. The highest BCUT2D eigenvalue weighted by Gasteiger charge is 2.30. The summed E-state index contributed by atoms with van der Waals surface area (Å²) in [6.45, 7) is 2.90. The average molecular weight is 518 g/mol. The Balaban J connectivity index is 1.39. The van der Waals surface area contributed by atoms with Crippen LogP contribution in [0.25, 0.3) is 0 Å². The van der Waals surface area contributed by atoms with Gasteiger partial charge in [-0.2, -0.15) is 4.98 Å². The molecule has 1 aromatic heterocycles. The van der Waals surface area contributed by atoms with Gasteiger partial charge in [0, 0.05) is 18.3 Å². The van der Waals surface area contributed by atoms with Crippen molar-refractivity contribution in [1.29, 1.82) is 0 Å². The molecular weight excluding hydrogens is 486 g/mol. The molecule has 10 nitrogen and oxygen atoms in total. The Labute approximate surface area is 221 Å². The molecule has 0 spiro atoms. The van der Waals surface area contributed by atoms with E-state index in [2.05, 4.69) is 38.5 Å². The number of carbonyl (C=O) groups excluding carboxylic acids is 2. The number of hydrogen-bond acceptors (Lipinski definition) is 8. The molecule has 0 bridgehead atoms. The largest absolute Gasteiger partial charge is 0.497 e. The van der Waals surface area contributed by atoms with Crippen molar-refractivity contribution < 1.29 is 23.8 Å². The third-order valence-electron chi connectivity index (χ3n) is 6.70. The minimum atomic E-state index is -0.766. The van der Waals surface area contributed by atoms with Crippen molar-refractivity contribution >= 4 is 23.6 Å². The molecule has 3 aromatic rings. The molecular formula is C28H31N5O5. The Kier molecular flexibility index (Phi) is 7.57. The van der Waals surface area contributed by atoms with Gasteiger partial charge < -0.3 is 29.7 Å². The quantitative estimate of drug-likeness (QED) is 0.485. The zero-order chi connectivity index (χ0) is 26.5. The van der Waals surface area contributed by atoms with Gasteiger partial charge in [-0.3, -0.25) is 4.79 Å². The Bertz CT molecular complexity index is 1300. The number of benzene rings is 2. The summed E-state index contributed by atoms with van der Waals surface area (Å²) in [6, 6.07) is 15.1. The van der Waals surface area contributed by atoms with Gasteiger partial charge in [-0.1, -0.05) is 30.3 Å². The van der Waals surface area contributed by atoms with E-state index >= 15 is 0 Å². The molecule has 2 N–H and O–H groups in total. The third kappa shape index (κ3) is 5.64. The smallest absolute Gasteiger partial charge is 0.413 e. The maximum atomic E-state index is 12.7. The van der Waals surface area contributed by atoms with Crippen molar-refractivity contribution in [3.05, 3.63) is 65.9 Å². The maximum absolute atomic E-state index is 12.7. The molecule has 5 rings (SSSR count). The summed E-state index contributed by atoms with van der Waals surface area (Å²) in [4.78, 5) is 36.2. The normalized spacial score (nSPS) is 18.7. The molecule has 10 heteroatoms. The van der Waals surface area contributed by atoms with Crippen molar-refractivity contribution in [2.24, 2.45) is 0 Å². The van der Waals surface area contributed by atoms with Gasteiger partial charge in [-0.15, -0.1) is 0 Å². The highest BCUT2D eigenvalue weighted by Crippen LogP contribution is 2.38. The lowest BCUT2D eigenvalue weighted by atomic mass is 10.1. The number of para-hydroxylation sites is 1. The van der Waals surface area contributed by atoms with Crippen LogP contribution in [0.4, 0.5) is 16.4 Å². The van der Waals surface area contributed by atoms with Crippen LogP contribution in [0.1, 0.15) is 37.3 Å². The fraction of sp³-hybridized carbons (Fsp3) is 0.357. The molecule has 38 heavy (non-hydrogen) atoms. The van der Waals surface area contributed by atoms with Crippen LogP contribution in [-0.4, -0.2) is 47.7 Å². The van der Waals surface area contributed by atoms with E-state index < -0.39 is 12.1 Å². The van der Waals surface area contributed by atoms with Crippen molar-refractivity contribution in [3.8, 4) is 17.4 Å². The van der Waals surface area contributed by atoms with Gasteiger partial charge >= 0.3 is 6.09 Å². The van der Waals surface area contributed by atoms with Crippen LogP contribution in [0.3, 0.4) is 0 Å². The van der Waals surface area contributed by atoms with Crippen LogP contribution < -0.4 is 29.7 Å². The monoisotopic (exact) mass is 517 g/mol. The minimum absolute atomic E-state index is 0.0638. The standard InChI is InChI=1S/C28H31N5O5/c1-18-15-20-7-3-4-9-23(20)33(18)27-30-16-24(38-28(35)31-22-8-5-6-14-29-25(22)34)26(32-27)37-17-19-10-12-21(36-2)13-11-19/h3-4,7,9-13,16,18,22H,5-6,8,14-15,17H2,1-2H3,(H,29,34)(H,31,35). The summed E-state index contributed by atoms with van der Waals surface area (Å²) < 4.78 is 16.8. The Morgan fingerprint density at radius 3 is 2.79 bits per heavy atom. The molecule has 3 heterocycles. The van der Waals surface area contributed by atoms with E-state index in [1.165, 1.54) is 11.8 Å². The molecule has 2 aliphatic heterocycles. The van der Waals surface area contributed by atoms with E-state index in [9.17, 15) is 9.59 Å². The number of ether oxygens (including phenoxy) is 3. The number of fused-ring (bicyclic) bond motifs is 1. The van der Waals surface area contributed by atoms with Gasteiger partial charge in [0.1, 0.15) is 18.4 Å². The number of anilines is 2. The number of nitrogens with one attached hydrogen (secondary N) is 2. The van der Waals surface area contributed by atoms with E-state index in [1.807, 2.05) is 42.5 Å². The van der Waals surface area contributed by atoms with E-state index in [0.717, 1.165) is 36.3 Å². The van der Waals surface area contributed by atoms with Crippen molar-refractivity contribution in [1.82, 2.24) is 20.6 Å². The van der Waals surface area contributed by atoms with Gasteiger partial charge in [-0.05, 0) is 61.9 Å². The molecule has 0 aliphatic carbocycles. The van der Waals surface area contributed by atoms with Gasteiger partial charge in [0.2, 0.25) is 17.6 Å². The first-order valence-corrected chi connectivity index (χ1v) is 12.8. The van der Waals surface area contributed by atoms with Crippen LogP contribution in [0, 0.1) is 0 Å². The minimum Gasteiger partial charge on any atom is -0.497 e. The van der Waals surface area contributed by atoms with Crippen LogP contribution in [0.15, 0.2) is 54.7 Å². The zero-order valence-electron chi connectivity index (χ0n) is 21.5. The molecule has 1 saturated heterocycles. The highest BCUT2D eigenvalue weighted by molar-refractivity contribution is 5.86. The average Bonchev–Trinajstić information content (AvgIpc) is 3.14. The number of nitrogens with zero attached hydrogens (tertiary/aromatic N) is 3. The molecule has 0 saturated carbocycles. The van der Waals surface area contributed by atoms with Gasteiger partial charge in [-0.25, -0.2) is 9.78 Å². The topological polar surface area (TPSA) is 115 Å². The third-order valence-corrected chi connectivity index (χ3v) is 6.70. The second-order valence-corrected chi connectivity index (χ2v) is 9.40. The molecule has 198 valence electrons. The molecule has 2 aliphatic rings. The number of aromatic nitrogens is 2. The predicted molar refractivity (Wildman–Crippen MR) is 141 cm³/mol. The number of hydrogen-bond donors (Lipinski definition) is 2. The van der Waals surface area contributed by atoms with Crippen LogP contribution in [-0.2, 0) is 17.8 Å². The molecule has 0 radical (unpaired) electrons. The molecule has 1 fully saturated rings. The Morgan fingerprint density at radius 1 is 1.16 bits per heavy atom. The van der Waals surface area contributed by atoms with Gasteiger partial charge in [0.15, 0.2) is 0 Å². The second-order valence-electron chi connectivity index (χ2n) is 9.40. The predicted octanol–water partition coefficient (Wildman–Crippen LogP) is 3.90. The summed E-state index contributed by atoms with van der Waals surface area (Å²) in [5, 5.41) is 5.45. The van der Waals surface area contributed by atoms with Gasteiger partial charge in [0.25, 0.3) is 5.88 Å². The molecule has 2 amide bonds. The van der Waals surface area contributed by atoms with E-state index in [1.54, 1.807) is 7.11 Å². The fourth-order valence-corrected chi connectivity index (χ4v) is 4.73. The number of amides is 2. The Hall–Kier alpha value is -4.34. The second kappa shape index (κ2) is 11.4. The van der Waals surface area contributed by atoms with E-state index in [-0.39, 0.29) is 30.2 Å². The van der Waals surface area contributed by atoms with Crippen LogP contribution in [0.5, 0.6) is 17.4 Å². The van der Waals surface area contributed by atoms with Crippen LogP contribution >= 0.6 is 0 Å². The van der Waals surface area contributed by atoms with Crippen molar-refractivity contribution in [2.75, 3.05) is 18.6 Å². The van der Waals surface area contributed by atoms with Gasteiger partial charge in [0.05, 0.1) is 13.3 Å². The van der Waals surface area contributed by atoms with E-state index in [0.29, 0.717) is 18.9 Å². The summed E-state index contributed by atoms with van der Waals surface area (Å²) in [5.41, 5.74) is 3.13. The van der Waals surface area contributed by atoms with Crippen molar-refractivity contribution in [2.45, 2.75) is 51.3 Å². The first kappa shape index (κ1) is 25.3. The zero-order valence-corrected chi connectivity index (χ0v) is 21.5. The van der Waals surface area contributed by atoms with Crippen LogP contribution in [0.2, 0.25) is 0 Å². The lowest BCUT2D eigenvalue weighted by Gasteiger charge is -2.23. The lowest BCUT2D eigenvalue weighted by Crippen LogP contribution is -2.46. The summed E-state index contributed by atoms with van der Waals surface area (Å²) >= 11 is 0. The summed E-state index contributed by atoms with van der Waals surface area (Å²) in [6.07, 6.45) is 3.78. The summed E-state index contributed by atoms with van der Waals surface area (Å²) in [7, 11) is 1.61. The van der Waals surface area contributed by atoms with Crippen molar-refractivity contribution in [3.63, 3.8) is 0 Å². The lowest BCUT2D eigenvalue weighted by molar-refractivity contribution is -0.122.